The summed E-state index contributed by atoms with van der Waals surface area (Å²) in [7, 11) is 1.65. The van der Waals surface area contributed by atoms with Crippen LogP contribution in [0.5, 0.6) is 5.75 Å². The van der Waals surface area contributed by atoms with Crippen molar-refractivity contribution < 1.29 is 13.9 Å². The molecule has 164 valence electrons. The van der Waals surface area contributed by atoms with Crippen LogP contribution in [-0.4, -0.2) is 27.8 Å². The standard InChI is InChI=1S/C24H24N4O3S/c1-3-28-22(18-8-5-10-20(14-18)30-2)26-27-24(28)32-16-17-7-4-9-19(13-17)23(29)25-15-21-11-6-12-31-21/h4-14H,3,15-16H2,1-2H3,(H,25,29). The number of thioether (sulfide) groups is 1. The van der Waals surface area contributed by atoms with E-state index >= 15 is 0 Å². The van der Waals surface area contributed by atoms with Gasteiger partial charge in [0.05, 0.1) is 19.9 Å². The van der Waals surface area contributed by atoms with Crippen molar-refractivity contribution in [1.29, 1.82) is 0 Å². The van der Waals surface area contributed by atoms with Crippen molar-refractivity contribution in [3.05, 3.63) is 83.8 Å². The lowest BCUT2D eigenvalue weighted by molar-refractivity contribution is 0.0948. The van der Waals surface area contributed by atoms with E-state index in [0.29, 0.717) is 17.9 Å². The van der Waals surface area contributed by atoms with E-state index in [2.05, 4.69) is 27.0 Å². The minimum atomic E-state index is -0.134. The summed E-state index contributed by atoms with van der Waals surface area (Å²) in [4.78, 5) is 12.5. The van der Waals surface area contributed by atoms with E-state index in [1.165, 1.54) is 0 Å². The SMILES string of the molecule is CCn1c(SCc2cccc(C(=O)NCc3ccco3)c2)nnc1-c1cccc(OC)c1. The minimum Gasteiger partial charge on any atom is -0.497 e. The molecule has 2 heterocycles. The lowest BCUT2D eigenvalue weighted by atomic mass is 10.1. The molecule has 0 bridgehead atoms. The number of carbonyl (C=O) groups is 1. The number of carbonyl (C=O) groups excluding carboxylic acids is 1. The third-order valence-corrected chi connectivity index (χ3v) is 5.96. The van der Waals surface area contributed by atoms with E-state index in [-0.39, 0.29) is 5.91 Å². The minimum absolute atomic E-state index is 0.134. The summed E-state index contributed by atoms with van der Waals surface area (Å²) in [5, 5.41) is 12.5. The molecule has 0 radical (unpaired) electrons. The number of nitrogens with zero attached hydrogens (tertiary/aromatic N) is 3. The lowest BCUT2D eigenvalue weighted by Gasteiger charge is -2.09. The van der Waals surface area contributed by atoms with E-state index in [9.17, 15) is 4.79 Å². The fraction of sp³-hybridized carbons (Fsp3) is 0.208. The number of rotatable bonds is 9. The molecule has 7 nitrogen and oxygen atoms in total. The van der Waals surface area contributed by atoms with Gasteiger partial charge in [0.1, 0.15) is 11.5 Å². The second-order valence-corrected chi connectivity index (χ2v) is 7.98. The highest BCUT2D eigenvalue weighted by atomic mass is 32.2. The van der Waals surface area contributed by atoms with Crippen molar-refractivity contribution in [3.63, 3.8) is 0 Å². The predicted molar refractivity (Wildman–Crippen MR) is 124 cm³/mol. The largest absolute Gasteiger partial charge is 0.497 e. The van der Waals surface area contributed by atoms with E-state index in [1.54, 1.807) is 37.3 Å². The molecule has 1 amide bonds. The zero-order valence-corrected chi connectivity index (χ0v) is 18.8. The van der Waals surface area contributed by atoms with E-state index in [0.717, 1.165) is 40.2 Å². The zero-order valence-electron chi connectivity index (χ0n) is 17.9. The Labute approximate surface area is 190 Å². The van der Waals surface area contributed by atoms with Gasteiger partial charge in [-0.2, -0.15) is 0 Å². The molecule has 0 atom stereocenters. The van der Waals surface area contributed by atoms with Gasteiger partial charge in [0.15, 0.2) is 11.0 Å². The maximum atomic E-state index is 12.5. The molecule has 0 unspecified atom stereocenters. The molecule has 1 N–H and O–H groups in total. The van der Waals surface area contributed by atoms with Crippen molar-refractivity contribution in [2.75, 3.05) is 7.11 Å². The van der Waals surface area contributed by atoms with Crippen LogP contribution in [0.1, 0.15) is 28.6 Å². The Morgan fingerprint density at radius 2 is 2.00 bits per heavy atom. The molecule has 8 heteroatoms. The average Bonchev–Trinajstić information content (AvgIpc) is 3.51. The fourth-order valence-electron chi connectivity index (χ4n) is 3.29. The third kappa shape index (κ3) is 5.03. The topological polar surface area (TPSA) is 82.2 Å². The second-order valence-electron chi connectivity index (χ2n) is 7.03. The van der Waals surface area contributed by atoms with Gasteiger partial charge in [0.2, 0.25) is 0 Å². The highest BCUT2D eigenvalue weighted by molar-refractivity contribution is 7.98. The van der Waals surface area contributed by atoms with E-state index in [4.69, 9.17) is 9.15 Å². The zero-order chi connectivity index (χ0) is 22.3. The summed E-state index contributed by atoms with van der Waals surface area (Å²) in [5.74, 6) is 2.85. The van der Waals surface area contributed by atoms with Gasteiger partial charge in [-0.3, -0.25) is 4.79 Å². The summed E-state index contributed by atoms with van der Waals surface area (Å²) in [6, 6.07) is 19.0. The lowest BCUT2D eigenvalue weighted by Crippen LogP contribution is -2.22. The Morgan fingerprint density at radius 1 is 1.12 bits per heavy atom. The van der Waals surface area contributed by atoms with E-state index in [1.807, 2.05) is 48.5 Å². The van der Waals surface area contributed by atoms with Gasteiger partial charge in [0.25, 0.3) is 5.91 Å². The van der Waals surface area contributed by atoms with Crippen molar-refractivity contribution in [3.8, 4) is 17.1 Å². The molecule has 4 rings (SSSR count). The van der Waals surface area contributed by atoms with Crippen molar-refractivity contribution >= 4 is 17.7 Å². The first-order chi connectivity index (χ1) is 15.7. The van der Waals surface area contributed by atoms with Crippen LogP contribution in [0, 0.1) is 0 Å². The summed E-state index contributed by atoms with van der Waals surface area (Å²) >= 11 is 1.59. The van der Waals surface area contributed by atoms with Gasteiger partial charge in [-0.25, -0.2) is 0 Å². The maximum Gasteiger partial charge on any atom is 0.251 e. The summed E-state index contributed by atoms with van der Waals surface area (Å²) in [5.41, 5.74) is 2.61. The number of ether oxygens (including phenoxy) is 1. The van der Waals surface area contributed by atoms with Crippen molar-refractivity contribution in [2.24, 2.45) is 0 Å². The van der Waals surface area contributed by atoms with Crippen LogP contribution >= 0.6 is 11.8 Å². The normalized spacial score (nSPS) is 10.8. The molecule has 4 aromatic rings. The summed E-state index contributed by atoms with van der Waals surface area (Å²) in [6.07, 6.45) is 1.59. The molecule has 32 heavy (non-hydrogen) atoms. The highest BCUT2D eigenvalue weighted by Crippen LogP contribution is 2.28. The fourth-order valence-corrected chi connectivity index (χ4v) is 4.23. The number of nitrogens with one attached hydrogen (secondary N) is 1. The number of hydrogen-bond acceptors (Lipinski definition) is 6. The average molecular weight is 449 g/mol. The third-order valence-electron chi connectivity index (χ3n) is 4.92. The van der Waals surface area contributed by atoms with E-state index < -0.39 is 0 Å². The number of hydrogen-bond donors (Lipinski definition) is 1. The molecule has 2 aromatic carbocycles. The summed E-state index contributed by atoms with van der Waals surface area (Å²) in [6.45, 7) is 3.18. The number of methoxy groups -OCH3 is 1. The van der Waals surface area contributed by atoms with Crippen molar-refractivity contribution in [1.82, 2.24) is 20.1 Å². The van der Waals surface area contributed by atoms with Gasteiger partial charge in [-0.15, -0.1) is 10.2 Å². The molecule has 0 aliphatic rings. The van der Waals surface area contributed by atoms with Crippen LogP contribution in [0.25, 0.3) is 11.4 Å². The molecular weight excluding hydrogens is 424 g/mol. The van der Waals surface area contributed by atoms with Crippen LogP contribution in [0.15, 0.2) is 76.5 Å². The van der Waals surface area contributed by atoms with Gasteiger partial charge in [-0.1, -0.05) is 36.0 Å². The molecule has 0 aliphatic carbocycles. The Kier molecular flexibility index (Phi) is 6.91. The Bertz CT molecular complexity index is 1190. The van der Waals surface area contributed by atoms with Gasteiger partial charge in [-0.05, 0) is 48.9 Å². The predicted octanol–water partition coefficient (Wildman–Crippen LogP) is 4.79. The Morgan fingerprint density at radius 3 is 2.78 bits per heavy atom. The maximum absolute atomic E-state index is 12.5. The quantitative estimate of drug-likeness (QED) is 0.371. The van der Waals surface area contributed by atoms with Crippen LogP contribution in [0.2, 0.25) is 0 Å². The van der Waals surface area contributed by atoms with Crippen LogP contribution < -0.4 is 10.1 Å². The summed E-state index contributed by atoms with van der Waals surface area (Å²) < 4.78 is 12.7. The molecule has 0 fully saturated rings. The number of aromatic nitrogens is 3. The van der Waals surface area contributed by atoms with Gasteiger partial charge >= 0.3 is 0 Å². The highest BCUT2D eigenvalue weighted by Gasteiger charge is 2.14. The first-order valence-electron chi connectivity index (χ1n) is 10.3. The first-order valence-corrected chi connectivity index (χ1v) is 11.3. The second kappa shape index (κ2) is 10.2. The monoisotopic (exact) mass is 448 g/mol. The smallest absolute Gasteiger partial charge is 0.251 e. The molecule has 0 spiro atoms. The Balaban J connectivity index is 1.44. The number of benzene rings is 2. The van der Waals surface area contributed by atoms with Crippen LogP contribution in [-0.2, 0) is 18.8 Å². The molecule has 0 saturated heterocycles. The Hall–Kier alpha value is -3.52. The molecule has 2 aromatic heterocycles. The number of furan rings is 1. The van der Waals surface area contributed by atoms with Crippen LogP contribution in [0.4, 0.5) is 0 Å². The molecule has 0 aliphatic heterocycles. The number of amides is 1. The van der Waals surface area contributed by atoms with Crippen molar-refractivity contribution in [2.45, 2.75) is 30.9 Å². The molecule has 0 saturated carbocycles. The van der Waals surface area contributed by atoms with Gasteiger partial charge in [0, 0.05) is 23.4 Å². The van der Waals surface area contributed by atoms with Gasteiger partial charge < -0.3 is 19.0 Å². The molecular formula is C24H24N4O3S. The first kappa shape index (κ1) is 21.7. The van der Waals surface area contributed by atoms with Crippen LogP contribution in [0.3, 0.4) is 0 Å².